The maximum Gasteiger partial charge on any atom is 0.189 e. The first-order valence-corrected chi connectivity index (χ1v) is 30.8. The Hall–Kier alpha value is -1.64. The molecule has 0 radical (unpaired) electrons. The van der Waals surface area contributed by atoms with E-state index in [1.807, 2.05) is 16.8 Å². The summed E-state index contributed by atoms with van der Waals surface area (Å²) in [6.07, 6.45) is -79.7. The van der Waals surface area contributed by atoms with E-state index in [0.717, 1.165) is 0 Å². The lowest BCUT2D eigenvalue weighted by Gasteiger charge is -2.50. The molecule has 19 fully saturated rings. The molecule has 94 heavy (non-hydrogen) atoms. The predicted octanol–water partition coefficient (Wildman–Crippen LogP) is -16.6. The van der Waals surface area contributed by atoms with Crippen LogP contribution in [0.2, 0.25) is 0 Å². The quantitative estimate of drug-likeness (QED) is 0.0913. The highest BCUT2D eigenvalue weighted by Gasteiger charge is 2.60. The number of aliphatic hydroxyl groups is 23. The van der Waals surface area contributed by atoms with E-state index >= 15 is 0 Å². The van der Waals surface area contributed by atoms with Crippen LogP contribution in [0.4, 0.5) is 0 Å². The predicted molar refractivity (Wildman–Crippen MR) is 290 cm³/mol. The summed E-state index contributed by atoms with van der Waals surface area (Å²) >= 11 is 0. The third kappa shape index (κ3) is 16.3. The number of piperazine rings is 1. The molecule has 41 heteroatoms. The Kier molecular flexibility index (Phi) is 27.2. The third-order valence-electron chi connectivity index (χ3n) is 18.1. The van der Waals surface area contributed by atoms with Crippen LogP contribution in [0.3, 0.4) is 0 Å². The highest BCUT2D eigenvalue weighted by molar-refractivity contribution is 5.02. The molecule has 41 nitrogen and oxygen atoms in total. The van der Waals surface area contributed by atoms with Crippen molar-refractivity contribution in [2.24, 2.45) is 0 Å². The van der Waals surface area contributed by atoms with E-state index in [1.54, 1.807) is 0 Å². The van der Waals surface area contributed by atoms with Crippen LogP contribution >= 0.6 is 0 Å². The van der Waals surface area contributed by atoms with Gasteiger partial charge in [-0.05, 0) is 14.0 Å². The molecule has 14 bridgehead atoms. The monoisotopic (exact) mass is 1380 g/mol. The topological polar surface area (TPSA) is 619 Å². The van der Waals surface area contributed by atoms with Gasteiger partial charge in [-0.3, -0.25) is 4.90 Å². The summed E-state index contributed by atoms with van der Waals surface area (Å²) in [5, 5.41) is 258. The minimum Gasteiger partial charge on any atom is -0.394 e. The fourth-order valence-corrected chi connectivity index (χ4v) is 12.5. The average Bonchev–Trinajstić information content (AvgIpc) is 0.799. The lowest BCUT2D eigenvalue weighted by molar-refractivity contribution is -0.398. The smallest absolute Gasteiger partial charge is 0.189 e. The van der Waals surface area contributed by atoms with Crippen LogP contribution < -0.4 is 0 Å². The van der Waals surface area contributed by atoms with Crippen LogP contribution in [-0.4, -0.2) is 453 Å². The summed E-state index contributed by atoms with van der Waals surface area (Å²) in [5.41, 5.74) is 0. The number of hydrogen-bond acceptors (Lipinski definition) is 41. The second-order valence-electron chi connectivity index (χ2n) is 24.6. The summed E-state index contributed by atoms with van der Waals surface area (Å²) in [6, 6.07) is 0. The van der Waals surface area contributed by atoms with Crippen LogP contribution in [0.5, 0.6) is 0 Å². The lowest BCUT2D eigenvalue weighted by atomic mass is 9.95. The summed E-state index contributed by atoms with van der Waals surface area (Å²) in [4.78, 5) is 3.85. The van der Waals surface area contributed by atoms with Crippen molar-refractivity contribution in [1.29, 1.82) is 0 Å². The molecule has 19 heterocycles. The molecule has 0 aromatic rings. The molecule has 39 unspecified atom stereocenters. The van der Waals surface area contributed by atoms with E-state index in [-0.39, 0.29) is 6.54 Å². The number of aliphatic hydroxyl groups excluding tert-OH is 23. The number of rotatable bonds is 11. The molecule has 23 N–H and O–H groups in total. The van der Waals surface area contributed by atoms with Gasteiger partial charge in [0.1, 0.15) is 171 Å². The van der Waals surface area contributed by atoms with E-state index in [1.165, 1.54) is 6.92 Å². The Labute approximate surface area is 534 Å². The van der Waals surface area contributed by atoms with Crippen molar-refractivity contribution in [2.45, 2.75) is 247 Å². The zero-order valence-corrected chi connectivity index (χ0v) is 50.7. The third-order valence-corrected chi connectivity index (χ3v) is 18.1. The van der Waals surface area contributed by atoms with Gasteiger partial charge in [0.25, 0.3) is 0 Å². The first-order valence-electron chi connectivity index (χ1n) is 30.8. The van der Waals surface area contributed by atoms with Crippen LogP contribution in [0.25, 0.3) is 0 Å². The van der Waals surface area contributed by atoms with Crippen LogP contribution in [0, 0.1) is 0 Å². The summed E-state index contributed by atoms with van der Waals surface area (Å²) in [5.74, 6) is 0. The van der Waals surface area contributed by atoms with Gasteiger partial charge in [-0.25, -0.2) is 0 Å². The van der Waals surface area contributed by atoms with Crippen molar-refractivity contribution >= 4 is 0 Å². The standard InChI is InChI=1S/C53H92N2O39/c1-15(8-56)79-53-37(77)45(78)94-52-36(76)29(69)44(22(14-62)86-52)93-51-35(75)28(68)43(21(13-61)85-51)92-50-34(74)27(67)42(20(12-60)84-50)91-49-33(73)26(66)41(19(11-59)83-49)90-48-32(72)25(65)40(18(10-58)82-48)89-47-31(71)24(64)39(17(9-57)81-47)88-46-30(70)23(63)38(87-53)16(80-46)7-55-5-3-54(2)4-6-55/h15-53,56-78H,3-14H2,1-2H3. The Bertz CT molecular complexity index is 2270. The van der Waals surface area contributed by atoms with Crippen LogP contribution in [0.1, 0.15) is 6.92 Å². The molecule has 0 spiro atoms. The molecule has 19 saturated heterocycles. The largest absolute Gasteiger partial charge is 0.394 e. The van der Waals surface area contributed by atoms with Gasteiger partial charge in [0.15, 0.2) is 62.7 Å². The van der Waals surface area contributed by atoms with Gasteiger partial charge in [-0.2, -0.15) is 0 Å². The number of fused-ring (bicyclic) bond motifs is 1. The van der Waals surface area contributed by atoms with Gasteiger partial charge in [0.2, 0.25) is 0 Å². The Morgan fingerprint density at radius 3 is 0.777 bits per heavy atom. The fraction of sp³-hybridized carbons (Fsp3) is 1.00. The van der Waals surface area contributed by atoms with Gasteiger partial charge < -0.3 is 198 Å². The molecule has 39 atom stereocenters. The van der Waals surface area contributed by atoms with Gasteiger partial charge in [-0.1, -0.05) is 0 Å². The minimum absolute atomic E-state index is 0.158. The Morgan fingerprint density at radius 1 is 0.298 bits per heavy atom. The van der Waals surface area contributed by atoms with Crippen molar-refractivity contribution in [3.8, 4) is 0 Å². The molecule has 0 saturated carbocycles. The second-order valence-corrected chi connectivity index (χ2v) is 24.6. The van der Waals surface area contributed by atoms with E-state index in [0.29, 0.717) is 26.2 Å². The average molecular weight is 1380 g/mol. The maximum atomic E-state index is 12.0. The van der Waals surface area contributed by atoms with Crippen molar-refractivity contribution in [3.63, 3.8) is 0 Å². The highest BCUT2D eigenvalue weighted by Crippen LogP contribution is 2.39. The van der Waals surface area contributed by atoms with E-state index in [9.17, 15) is 117 Å². The van der Waals surface area contributed by atoms with Gasteiger partial charge in [0.05, 0.1) is 52.4 Å². The number of nitrogens with zero attached hydrogens (tertiary/aromatic N) is 2. The SMILES string of the molecule is CC(CO)OC1OC2C(CN3CCN(C)CC3)OC(OC3C(CO)OC(OC4C(CO)OC(OC5C(CO)OC(OC6C(CO)OC(OC7C(CO)OC(OC8C(CO)OC(OC(O)C1O)C(O)C8O)C(O)C7O)C(O)C6O)C(O)C5O)C(O)C4O)C(O)C3O)C(O)C2O. The molecule has 19 aliphatic heterocycles. The second kappa shape index (κ2) is 33.4. The zero-order chi connectivity index (χ0) is 68.5. The van der Waals surface area contributed by atoms with Crippen molar-refractivity contribution in [1.82, 2.24) is 9.80 Å². The zero-order valence-electron chi connectivity index (χ0n) is 50.7. The van der Waals surface area contributed by atoms with Gasteiger partial charge in [0, 0.05) is 32.7 Å². The van der Waals surface area contributed by atoms with E-state index in [4.69, 9.17) is 75.8 Å². The molecular formula is C53H92N2O39. The highest BCUT2D eigenvalue weighted by atomic mass is 16.8. The molecule has 19 aliphatic rings. The van der Waals surface area contributed by atoms with Crippen molar-refractivity contribution in [3.05, 3.63) is 0 Å². The molecular weight excluding hydrogens is 1290 g/mol. The van der Waals surface area contributed by atoms with E-state index in [2.05, 4.69) is 0 Å². The summed E-state index contributed by atoms with van der Waals surface area (Å²) in [6.45, 7) is -4.25. The lowest BCUT2D eigenvalue weighted by Crippen LogP contribution is -2.68. The molecule has 548 valence electrons. The fourth-order valence-electron chi connectivity index (χ4n) is 12.5. The van der Waals surface area contributed by atoms with Crippen LogP contribution in [0.15, 0.2) is 0 Å². The molecule has 0 aromatic heterocycles. The van der Waals surface area contributed by atoms with E-state index < -0.39 is 286 Å². The van der Waals surface area contributed by atoms with Gasteiger partial charge in [-0.15, -0.1) is 0 Å². The summed E-state index contributed by atoms with van der Waals surface area (Å²) < 4.78 is 92.7. The minimum atomic E-state index is -2.60. The normalized spacial score (nSPS) is 52.2. The molecule has 0 aromatic carbocycles. The molecule has 0 aliphatic carbocycles. The Balaban J connectivity index is 1.01. The number of hydrogen-bond donors (Lipinski definition) is 23. The van der Waals surface area contributed by atoms with Crippen LogP contribution in [-0.2, 0) is 75.8 Å². The van der Waals surface area contributed by atoms with Gasteiger partial charge >= 0.3 is 0 Å². The Morgan fingerprint density at radius 2 is 0.532 bits per heavy atom. The first kappa shape index (κ1) is 76.5. The number of ether oxygens (including phenoxy) is 16. The first-order chi connectivity index (χ1) is 44.7. The maximum absolute atomic E-state index is 12.0. The molecule has 19 rings (SSSR count). The van der Waals surface area contributed by atoms with Crippen molar-refractivity contribution < 1.29 is 193 Å². The number of likely N-dealkylation sites (N-methyl/N-ethyl adjacent to an activating group) is 1. The summed E-state index contributed by atoms with van der Waals surface area (Å²) in [7, 11) is 1.86. The van der Waals surface area contributed by atoms with Crippen molar-refractivity contribution in [2.75, 3.05) is 86.0 Å². The molecule has 0 amide bonds.